The summed E-state index contributed by atoms with van der Waals surface area (Å²) < 4.78 is 5.55. The molecular formula is C12H26N2O. The second-order valence-corrected chi connectivity index (χ2v) is 4.77. The predicted octanol–water partition coefficient (Wildman–Crippen LogP) is 1.44. The van der Waals surface area contributed by atoms with Crippen molar-refractivity contribution in [3.05, 3.63) is 0 Å². The first-order chi connectivity index (χ1) is 7.18. The van der Waals surface area contributed by atoms with Crippen LogP contribution in [0.15, 0.2) is 0 Å². The third-order valence-electron chi connectivity index (χ3n) is 2.88. The van der Waals surface area contributed by atoms with Gasteiger partial charge in [-0.2, -0.15) is 0 Å². The van der Waals surface area contributed by atoms with Gasteiger partial charge < -0.3 is 14.5 Å². The summed E-state index contributed by atoms with van der Waals surface area (Å²) in [5, 5.41) is 0. The average Bonchev–Trinajstić information content (AvgIpc) is 2.38. The molecule has 1 heterocycles. The van der Waals surface area contributed by atoms with Gasteiger partial charge in [-0.05, 0) is 46.8 Å². The summed E-state index contributed by atoms with van der Waals surface area (Å²) in [7, 11) is 2.21. The van der Waals surface area contributed by atoms with Gasteiger partial charge in [0.25, 0.3) is 0 Å². The van der Waals surface area contributed by atoms with E-state index in [9.17, 15) is 0 Å². The van der Waals surface area contributed by atoms with Gasteiger partial charge in [0.2, 0.25) is 0 Å². The van der Waals surface area contributed by atoms with E-state index in [4.69, 9.17) is 4.74 Å². The number of nitrogens with zero attached hydrogens (tertiary/aromatic N) is 2. The van der Waals surface area contributed by atoms with Crippen LogP contribution in [-0.2, 0) is 4.74 Å². The van der Waals surface area contributed by atoms with Crippen LogP contribution in [0.3, 0.4) is 0 Å². The lowest BCUT2D eigenvalue weighted by Gasteiger charge is -2.20. The minimum absolute atomic E-state index is 0.375. The Kier molecular flexibility index (Phi) is 6.22. The highest BCUT2D eigenvalue weighted by molar-refractivity contribution is 4.66. The second kappa shape index (κ2) is 7.20. The van der Waals surface area contributed by atoms with E-state index < -0.39 is 0 Å². The summed E-state index contributed by atoms with van der Waals surface area (Å²) in [6.45, 7) is 11.2. The molecule has 0 aromatic carbocycles. The van der Waals surface area contributed by atoms with E-state index in [0.717, 1.165) is 6.61 Å². The molecule has 1 saturated heterocycles. The lowest BCUT2D eigenvalue weighted by Crippen LogP contribution is -2.30. The maximum Gasteiger partial charge on any atom is 0.0518 e. The fourth-order valence-corrected chi connectivity index (χ4v) is 1.93. The minimum Gasteiger partial charge on any atom is -0.379 e. The molecule has 3 heteroatoms. The zero-order chi connectivity index (χ0) is 11.1. The molecule has 0 saturated carbocycles. The molecule has 0 unspecified atom stereocenters. The van der Waals surface area contributed by atoms with Crippen molar-refractivity contribution in [2.24, 2.45) is 0 Å². The Hall–Kier alpha value is -0.120. The van der Waals surface area contributed by atoms with Gasteiger partial charge in [-0.25, -0.2) is 0 Å². The fourth-order valence-electron chi connectivity index (χ4n) is 1.93. The van der Waals surface area contributed by atoms with Gasteiger partial charge in [-0.3, -0.25) is 0 Å². The number of hydrogen-bond donors (Lipinski definition) is 0. The first-order valence-electron chi connectivity index (χ1n) is 6.21. The quantitative estimate of drug-likeness (QED) is 0.644. The van der Waals surface area contributed by atoms with E-state index in [1.807, 2.05) is 0 Å². The highest BCUT2D eigenvalue weighted by atomic mass is 16.5. The van der Waals surface area contributed by atoms with Crippen molar-refractivity contribution in [2.45, 2.75) is 32.8 Å². The van der Waals surface area contributed by atoms with Gasteiger partial charge in [-0.1, -0.05) is 0 Å². The van der Waals surface area contributed by atoms with Crippen LogP contribution in [-0.4, -0.2) is 62.3 Å². The zero-order valence-electron chi connectivity index (χ0n) is 10.5. The predicted molar refractivity (Wildman–Crippen MR) is 64.3 cm³/mol. The van der Waals surface area contributed by atoms with E-state index in [1.54, 1.807) is 0 Å². The van der Waals surface area contributed by atoms with Crippen molar-refractivity contribution in [2.75, 3.05) is 46.4 Å². The molecule has 0 amide bonds. The first-order valence-corrected chi connectivity index (χ1v) is 6.21. The molecule has 0 spiro atoms. The van der Waals surface area contributed by atoms with Gasteiger partial charge in [0.05, 0.1) is 6.10 Å². The van der Waals surface area contributed by atoms with Crippen molar-refractivity contribution < 1.29 is 4.74 Å². The van der Waals surface area contributed by atoms with Crippen LogP contribution >= 0.6 is 0 Å². The second-order valence-electron chi connectivity index (χ2n) is 4.77. The molecule has 0 aliphatic carbocycles. The van der Waals surface area contributed by atoms with Crippen LogP contribution in [0.25, 0.3) is 0 Å². The molecule has 1 rings (SSSR count). The maximum absolute atomic E-state index is 5.55. The van der Waals surface area contributed by atoms with Crippen molar-refractivity contribution in [3.8, 4) is 0 Å². The van der Waals surface area contributed by atoms with Crippen molar-refractivity contribution in [1.29, 1.82) is 0 Å². The van der Waals surface area contributed by atoms with Crippen LogP contribution in [0.2, 0.25) is 0 Å². The van der Waals surface area contributed by atoms with Gasteiger partial charge in [0.15, 0.2) is 0 Å². The molecule has 1 aliphatic heterocycles. The Morgan fingerprint density at radius 3 is 2.67 bits per heavy atom. The molecule has 15 heavy (non-hydrogen) atoms. The standard InChI is InChI=1S/C12H26N2O/c1-12(2)15-11-5-8-14-7-4-6-13(3)9-10-14/h12H,4-11H2,1-3H3. The highest BCUT2D eigenvalue weighted by Gasteiger charge is 2.11. The molecule has 0 N–H and O–H groups in total. The SMILES string of the molecule is CC(C)OCCCN1CCCN(C)CC1. The largest absolute Gasteiger partial charge is 0.379 e. The Morgan fingerprint density at radius 1 is 1.13 bits per heavy atom. The third kappa shape index (κ3) is 6.13. The summed E-state index contributed by atoms with van der Waals surface area (Å²) in [6, 6.07) is 0. The Bertz CT molecular complexity index is 162. The number of rotatable bonds is 5. The van der Waals surface area contributed by atoms with Crippen LogP contribution in [0.4, 0.5) is 0 Å². The summed E-state index contributed by atoms with van der Waals surface area (Å²) in [6.07, 6.45) is 2.85. The summed E-state index contributed by atoms with van der Waals surface area (Å²) >= 11 is 0. The van der Waals surface area contributed by atoms with Crippen molar-refractivity contribution in [3.63, 3.8) is 0 Å². The fraction of sp³-hybridized carbons (Fsp3) is 1.00. The topological polar surface area (TPSA) is 15.7 Å². The van der Waals surface area contributed by atoms with Gasteiger partial charge in [-0.15, -0.1) is 0 Å². The number of hydrogen-bond acceptors (Lipinski definition) is 3. The number of ether oxygens (including phenoxy) is 1. The van der Waals surface area contributed by atoms with E-state index in [0.29, 0.717) is 6.10 Å². The summed E-state index contributed by atoms with van der Waals surface area (Å²) in [4.78, 5) is 4.98. The third-order valence-corrected chi connectivity index (χ3v) is 2.88. The molecule has 0 radical (unpaired) electrons. The Balaban J connectivity index is 2.05. The lowest BCUT2D eigenvalue weighted by atomic mass is 10.3. The van der Waals surface area contributed by atoms with Crippen molar-refractivity contribution in [1.82, 2.24) is 9.80 Å². The van der Waals surface area contributed by atoms with Gasteiger partial charge >= 0.3 is 0 Å². The zero-order valence-corrected chi connectivity index (χ0v) is 10.5. The maximum atomic E-state index is 5.55. The molecule has 0 aromatic rings. The van der Waals surface area contributed by atoms with E-state index >= 15 is 0 Å². The molecule has 0 atom stereocenters. The molecule has 0 aromatic heterocycles. The Morgan fingerprint density at radius 2 is 1.93 bits per heavy atom. The van der Waals surface area contributed by atoms with Gasteiger partial charge in [0.1, 0.15) is 0 Å². The molecule has 3 nitrogen and oxygen atoms in total. The van der Waals surface area contributed by atoms with Crippen LogP contribution in [0.5, 0.6) is 0 Å². The monoisotopic (exact) mass is 214 g/mol. The molecule has 90 valence electrons. The molecule has 0 bridgehead atoms. The Labute approximate surface area is 94.4 Å². The van der Waals surface area contributed by atoms with Gasteiger partial charge in [0, 0.05) is 26.2 Å². The highest BCUT2D eigenvalue weighted by Crippen LogP contribution is 2.02. The van der Waals surface area contributed by atoms with E-state index in [2.05, 4.69) is 30.7 Å². The molecular weight excluding hydrogens is 188 g/mol. The minimum atomic E-state index is 0.375. The smallest absolute Gasteiger partial charge is 0.0518 e. The van der Waals surface area contributed by atoms with Crippen LogP contribution in [0.1, 0.15) is 26.7 Å². The lowest BCUT2D eigenvalue weighted by molar-refractivity contribution is 0.0708. The van der Waals surface area contributed by atoms with E-state index in [-0.39, 0.29) is 0 Å². The summed E-state index contributed by atoms with van der Waals surface area (Å²) in [5.74, 6) is 0. The average molecular weight is 214 g/mol. The van der Waals surface area contributed by atoms with Crippen LogP contribution in [0, 0.1) is 0 Å². The molecule has 1 aliphatic rings. The molecule has 1 fully saturated rings. The van der Waals surface area contributed by atoms with Crippen molar-refractivity contribution >= 4 is 0 Å². The van der Waals surface area contributed by atoms with Crippen LogP contribution < -0.4 is 0 Å². The normalized spacial score (nSPS) is 20.8. The summed E-state index contributed by atoms with van der Waals surface area (Å²) in [5.41, 5.74) is 0. The first kappa shape index (κ1) is 12.9. The number of likely N-dealkylation sites (N-methyl/N-ethyl adjacent to an activating group) is 1. The van der Waals surface area contributed by atoms with E-state index in [1.165, 1.54) is 45.6 Å².